The first-order chi connectivity index (χ1) is 6.31. The van der Waals surface area contributed by atoms with Gasteiger partial charge in [0.1, 0.15) is 0 Å². The van der Waals surface area contributed by atoms with Gasteiger partial charge in [-0.3, -0.25) is 0 Å². The second kappa shape index (κ2) is 9.96. The summed E-state index contributed by atoms with van der Waals surface area (Å²) in [7, 11) is 0. The Hall–Kier alpha value is -0.120. The van der Waals surface area contributed by atoms with E-state index in [1.54, 1.807) is 0 Å². The molecule has 0 aliphatic rings. The highest BCUT2D eigenvalue weighted by Crippen LogP contribution is 2.02. The number of nitrogens with one attached hydrogen (secondary N) is 1. The van der Waals surface area contributed by atoms with Crippen molar-refractivity contribution in [2.24, 2.45) is 17.4 Å². The molecule has 0 aliphatic heterocycles. The van der Waals surface area contributed by atoms with Gasteiger partial charge in [-0.15, -0.1) is 0 Å². The van der Waals surface area contributed by atoms with Crippen LogP contribution in [0.3, 0.4) is 0 Å². The lowest BCUT2D eigenvalue weighted by Crippen LogP contribution is -2.23. The number of unbranched alkanes of at least 4 members (excludes halogenated alkanes) is 1. The van der Waals surface area contributed by atoms with E-state index >= 15 is 0 Å². The zero-order chi connectivity index (χ0) is 9.94. The molecule has 0 saturated carbocycles. The van der Waals surface area contributed by atoms with Crippen LogP contribution in [0.5, 0.6) is 0 Å². The molecule has 0 bridgehead atoms. The molecule has 0 spiro atoms. The number of hydrogen-bond donors (Lipinski definition) is 3. The molecule has 3 heteroatoms. The van der Waals surface area contributed by atoms with Gasteiger partial charge >= 0.3 is 0 Å². The van der Waals surface area contributed by atoms with E-state index in [-0.39, 0.29) is 0 Å². The molecular formula is C10H25N3. The average molecular weight is 187 g/mol. The molecule has 0 aromatic carbocycles. The van der Waals surface area contributed by atoms with Gasteiger partial charge in [-0.25, -0.2) is 0 Å². The molecule has 0 rings (SSSR count). The van der Waals surface area contributed by atoms with Crippen LogP contribution in [0, 0.1) is 5.92 Å². The molecule has 5 N–H and O–H groups in total. The Kier molecular flexibility index (Phi) is 9.87. The summed E-state index contributed by atoms with van der Waals surface area (Å²) in [6, 6.07) is 0. The average Bonchev–Trinajstić information content (AvgIpc) is 2.14. The Balaban J connectivity index is 3.03. The summed E-state index contributed by atoms with van der Waals surface area (Å²) in [6.07, 6.45) is 4.70. The zero-order valence-electron chi connectivity index (χ0n) is 8.89. The predicted octanol–water partition coefficient (Wildman–Crippen LogP) is 0.690. The Morgan fingerprint density at radius 3 is 2.38 bits per heavy atom. The second-order valence-corrected chi connectivity index (χ2v) is 3.74. The van der Waals surface area contributed by atoms with E-state index in [0.717, 1.165) is 44.9 Å². The standard InChI is InChI=1S/C10H25N3/c1-10(5-4-7-12)9-13-8-3-2-6-11/h10,13H,2-9,11-12H2,1H3. The molecule has 0 fully saturated rings. The van der Waals surface area contributed by atoms with Crippen molar-refractivity contribution >= 4 is 0 Å². The second-order valence-electron chi connectivity index (χ2n) is 3.74. The Morgan fingerprint density at radius 1 is 1.08 bits per heavy atom. The minimum absolute atomic E-state index is 0.751. The summed E-state index contributed by atoms with van der Waals surface area (Å²) in [5, 5.41) is 3.43. The molecule has 0 radical (unpaired) electrons. The van der Waals surface area contributed by atoms with Gasteiger partial charge in [0.05, 0.1) is 0 Å². The van der Waals surface area contributed by atoms with Crippen molar-refractivity contribution in [2.75, 3.05) is 26.2 Å². The first kappa shape index (κ1) is 12.9. The van der Waals surface area contributed by atoms with E-state index in [2.05, 4.69) is 12.2 Å². The van der Waals surface area contributed by atoms with E-state index in [4.69, 9.17) is 11.5 Å². The molecule has 0 aliphatic carbocycles. The minimum atomic E-state index is 0.751. The summed E-state index contributed by atoms with van der Waals surface area (Å²) < 4.78 is 0. The smallest absolute Gasteiger partial charge is 0.00231 e. The summed E-state index contributed by atoms with van der Waals surface area (Å²) >= 11 is 0. The van der Waals surface area contributed by atoms with Crippen LogP contribution in [-0.4, -0.2) is 26.2 Å². The maximum atomic E-state index is 5.44. The lowest BCUT2D eigenvalue weighted by atomic mass is 10.1. The van der Waals surface area contributed by atoms with E-state index in [9.17, 15) is 0 Å². The van der Waals surface area contributed by atoms with Crippen molar-refractivity contribution in [3.63, 3.8) is 0 Å². The van der Waals surface area contributed by atoms with Gasteiger partial charge in [0.2, 0.25) is 0 Å². The molecule has 0 aromatic heterocycles. The Morgan fingerprint density at radius 2 is 1.77 bits per heavy atom. The van der Waals surface area contributed by atoms with Crippen LogP contribution in [0.2, 0.25) is 0 Å². The summed E-state index contributed by atoms with van der Waals surface area (Å²) in [5.41, 5.74) is 10.8. The van der Waals surface area contributed by atoms with Crippen LogP contribution in [-0.2, 0) is 0 Å². The highest BCUT2D eigenvalue weighted by atomic mass is 14.8. The van der Waals surface area contributed by atoms with Crippen LogP contribution in [0.15, 0.2) is 0 Å². The molecule has 80 valence electrons. The number of nitrogens with two attached hydrogens (primary N) is 2. The van der Waals surface area contributed by atoms with Crippen LogP contribution in [0.25, 0.3) is 0 Å². The lowest BCUT2D eigenvalue weighted by Gasteiger charge is -2.11. The topological polar surface area (TPSA) is 64.1 Å². The van der Waals surface area contributed by atoms with Crippen molar-refractivity contribution in [2.45, 2.75) is 32.6 Å². The van der Waals surface area contributed by atoms with Crippen molar-refractivity contribution < 1.29 is 0 Å². The van der Waals surface area contributed by atoms with Crippen LogP contribution >= 0.6 is 0 Å². The van der Waals surface area contributed by atoms with Gasteiger partial charge in [0, 0.05) is 0 Å². The van der Waals surface area contributed by atoms with Gasteiger partial charge in [-0.2, -0.15) is 0 Å². The fraction of sp³-hybridized carbons (Fsp3) is 1.00. The molecule has 0 heterocycles. The van der Waals surface area contributed by atoms with Crippen molar-refractivity contribution in [1.82, 2.24) is 5.32 Å². The molecular weight excluding hydrogens is 162 g/mol. The quantitative estimate of drug-likeness (QED) is 0.465. The van der Waals surface area contributed by atoms with E-state index in [0.29, 0.717) is 0 Å². The fourth-order valence-electron chi connectivity index (χ4n) is 1.31. The van der Waals surface area contributed by atoms with Gasteiger partial charge in [0.25, 0.3) is 0 Å². The van der Waals surface area contributed by atoms with Gasteiger partial charge in [-0.05, 0) is 57.8 Å². The van der Waals surface area contributed by atoms with Crippen LogP contribution < -0.4 is 16.8 Å². The van der Waals surface area contributed by atoms with E-state index in [1.165, 1.54) is 12.8 Å². The van der Waals surface area contributed by atoms with Gasteiger partial charge in [-0.1, -0.05) is 6.92 Å². The third-order valence-corrected chi connectivity index (χ3v) is 2.20. The van der Waals surface area contributed by atoms with Crippen molar-refractivity contribution in [3.05, 3.63) is 0 Å². The maximum absolute atomic E-state index is 5.44. The number of hydrogen-bond acceptors (Lipinski definition) is 3. The van der Waals surface area contributed by atoms with E-state index < -0.39 is 0 Å². The van der Waals surface area contributed by atoms with E-state index in [1.807, 2.05) is 0 Å². The summed E-state index contributed by atoms with van der Waals surface area (Å²) in [4.78, 5) is 0. The molecule has 3 nitrogen and oxygen atoms in total. The van der Waals surface area contributed by atoms with Crippen molar-refractivity contribution in [3.8, 4) is 0 Å². The minimum Gasteiger partial charge on any atom is -0.330 e. The van der Waals surface area contributed by atoms with Gasteiger partial charge < -0.3 is 16.8 Å². The Bertz CT molecular complexity index is 96.2. The van der Waals surface area contributed by atoms with Crippen LogP contribution in [0.1, 0.15) is 32.6 Å². The zero-order valence-corrected chi connectivity index (χ0v) is 8.89. The van der Waals surface area contributed by atoms with Gasteiger partial charge in [0.15, 0.2) is 0 Å². The highest BCUT2D eigenvalue weighted by Gasteiger charge is 1.99. The molecule has 0 amide bonds. The molecule has 1 unspecified atom stereocenters. The maximum Gasteiger partial charge on any atom is -0.00231 e. The lowest BCUT2D eigenvalue weighted by molar-refractivity contribution is 0.465. The fourth-order valence-corrected chi connectivity index (χ4v) is 1.31. The Labute approximate surface area is 82.3 Å². The first-order valence-electron chi connectivity index (χ1n) is 5.42. The third-order valence-electron chi connectivity index (χ3n) is 2.20. The molecule has 1 atom stereocenters. The summed E-state index contributed by atoms with van der Waals surface area (Å²) in [5.74, 6) is 0.751. The van der Waals surface area contributed by atoms with Crippen molar-refractivity contribution in [1.29, 1.82) is 0 Å². The summed E-state index contributed by atoms with van der Waals surface area (Å²) in [6.45, 7) is 6.11. The monoisotopic (exact) mass is 187 g/mol. The molecule has 0 aromatic rings. The third kappa shape index (κ3) is 9.80. The van der Waals surface area contributed by atoms with Crippen LogP contribution in [0.4, 0.5) is 0 Å². The molecule has 13 heavy (non-hydrogen) atoms. The highest BCUT2D eigenvalue weighted by molar-refractivity contribution is 4.57. The normalized spacial score (nSPS) is 13.2. The number of rotatable bonds is 9. The SMILES string of the molecule is CC(CCCN)CNCCCCN. The predicted molar refractivity (Wildman–Crippen MR) is 58.6 cm³/mol. The first-order valence-corrected chi connectivity index (χ1v) is 5.42. The largest absolute Gasteiger partial charge is 0.330 e. The molecule has 0 saturated heterocycles.